The van der Waals surface area contributed by atoms with Crippen molar-refractivity contribution in [3.63, 3.8) is 0 Å². The minimum Gasteiger partial charge on any atom is -0.280 e. The Balaban J connectivity index is 1.75. The molecule has 2 unspecified atom stereocenters. The number of rotatable bonds is 5. The first-order chi connectivity index (χ1) is 18.2. The summed E-state index contributed by atoms with van der Waals surface area (Å²) in [5.74, 6) is -4.08. The zero-order chi connectivity index (χ0) is 27.1. The molecule has 2 heterocycles. The van der Waals surface area contributed by atoms with Crippen LogP contribution in [0.5, 0.6) is 0 Å². The maximum Gasteiger partial charge on any atom is 0.234 e. The van der Waals surface area contributed by atoms with Crippen LogP contribution in [-0.4, -0.2) is 45.5 Å². The molecule has 5 aliphatic rings. The first-order valence-corrected chi connectivity index (χ1v) is 13.8. The third-order valence-electron chi connectivity index (χ3n) is 9.49. The Morgan fingerprint density at radius 2 is 1.05 bits per heavy atom. The van der Waals surface area contributed by atoms with Crippen LogP contribution in [0.15, 0.2) is 60.7 Å². The normalized spacial score (nSPS) is 32.2. The van der Waals surface area contributed by atoms with Gasteiger partial charge in [0.25, 0.3) is 0 Å². The summed E-state index contributed by atoms with van der Waals surface area (Å²) >= 11 is 0. The SMILES string of the molecule is CCC12C(c3ccccc3)=C(c3ccccc3)C([C@H]3C(=O)N(C(C)C)C(=O)[C@H]31)[C@@H]1C(=O)N(C(C)C)C(=O)[C@@H]12. The third-order valence-corrected chi connectivity index (χ3v) is 9.49. The van der Waals surface area contributed by atoms with E-state index in [1.54, 1.807) is 0 Å². The molecule has 0 N–H and O–H groups in total. The molecule has 2 bridgehead atoms. The second-order valence-electron chi connectivity index (χ2n) is 11.7. The van der Waals surface area contributed by atoms with Crippen LogP contribution in [-0.2, 0) is 19.2 Å². The van der Waals surface area contributed by atoms with Crippen LogP contribution in [0.2, 0.25) is 0 Å². The van der Waals surface area contributed by atoms with Crippen molar-refractivity contribution in [2.24, 2.45) is 35.0 Å². The van der Waals surface area contributed by atoms with Crippen molar-refractivity contribution in [3.05, 3.63) is 71.8 Å². The molecule has 1 saturated carbocycles. The highest BCUT2D eigenvalue weighted by Crippen LogP contribution is 2.73. The van der Waals surface area contributed by atoms with Crippen molar-refractivity contribution in [1.29, 1.82) is 0 Å². The molecule has 3 fully saturated rings. The molecule has 0 aromatic heterocycles. The fourth-order valence-corrected chi connectivity index (χ4v) is 8.36. The number of likely N-dealkylation sites (tertiary alicyclic amines) is 2. The van der Waals surface area contributed by atoms with Crippen molar-refractivity contribution < 1.29 is 19.2 Å². The number of allylic oxidation sites excluding steroid dienone is 2. The average Bonchev–Trinajstić information content (AvgIpc) is 3.35. The Morgan fingerprint density at radius 1 is 0.632 bits per heavy atom. The van der Waals surface area contributed by atoms with E-state index >= 15 is 0 Å². The van der Waals surface area contributed by atoms with E-state index in [0.717, 1.165) is 22.3 Å². The molecule has 6 heteroatoms. The first-order valence-electron chi connectivity index (χ1n) is 13.8. The van der Waals surface area contributed by atoms with Crippen LogP contribution in [0.3, 0.4) is 0 Å². The number of carbonyl (C=O) groups excluding carboxylic acids is 4. The molecule has 2 aromatic rings. The number of hydrogen-bond acceptors (Lipinski definition) is 4. The van der Waals surface area contributed by atoms with Gasteiger partial charge in [0.1, 0.15) is 0 Å². The summed E-state index contributed by atoms with van der Waals surface area (Å²) in [5.41, 5.74) is 2.81. The number of imide groups is 2. The van der Waals surface area contributed by atoms with Gasteiger partial charge in [0, 0.05) is 23.4 Å². The highest BCUT2D eigenvalue weighted by molar-refractivity contribution is 6.17. The topological polar surface area (TPSA) is 74.8 Å². The van der Waals surface area contributed by atoms with Crippen LogP contribution >= 0.6 is 0 Å². The van der Waals surface area contributed by atoms with Gasteiger partial charge >= 0.3 is 0 Å². The molecule has 2 aliphatic heterocycles. The van der Waals surface area contributed by atoms with E-state index in [1.165, 1.54) is 9.80 Å². The summed E-state index contributed by atoms with van der Waals surface area (Å²) in [6.07, 6.45) is 0.471. The Kier molecular flexibility index (Phi) is 5.53. The van der Waals surface area contributed by atoms with Crippen molar-refractivity contribution >= 4 is 34.8 Å². The maximum absolute atomic E-state index is 14.2. The minimum atomic E-state index is -0.983. The number of nitrogens with zero attached hydrogens (tertiary/aromatic N) is 2. The van der Waals surface area contributed by atoms with Crippen LogP contribution < -0.4 is 0 Å². The molecule has 2 aromatic carbocycles. The van der Waals surface area contributed by atoms with Crippen molar-refractivity contribution in [2.75, 3.05) is 0 Å². The Hall–Kier alpha value is -3.54. The van der Waals surface area contributed by atoms with Crippen molar-refractivity contribution in [1.82, 2.24) is 9.80 Å². The van der Waals surface area contributed by atoms with Gasteiger partial charge in [-0.15, -0.1) is 0 Å². The van der Waals surface area contributed by atoms with Gasteiger partial charge < -0.3 is 0 Å². The number of benzene rings is 2. The van der Waals surface area contributed by atoms with Crippen LogP contribution in [0.4, 0.5) is 0 Å². The summed E-state index contributed by atoms with van der Waals surface area (Å²) in [7, 11) is 0. The van der Waals surface area contributed by atoms with Gasteiger partial charge in [-0.05, 0) is 56.4 Å². The molecule has 6 nitrogen and oxygen atoms in total. The minimum absolute atomic E-state index is 0.205. The standard InChI is InChI=1S/C32H34N2O4/c1-6-32-25(20-15-11-8-12-16-20)21(19-13-9-7-10-14-19)22(23-26(32)30(37)33(17(2)3)28(23)35)24-27(32)31(38)34(18(4)5)29(24)36/h7-18,22-24,26-27H,6H2,1-5H3/t22?,23-,24+,26+,27-,32?. The van der Waals surface area contributed by atoms with Gasteiger partial charge in [0.05, 0.1) is 23.7 Å². The van der Waals surface area contributed by atoms with E-state index in [1.807, 2.05) is 95.3 Å². The van der Waals surface area contributed by atoms with Gasteiger partial charge in [0.15, 0.2) is 0 Å². The molecule has 2 saturated heterocycles. The molecule has 4 amide bonds. The smallest absolute Gasteiger partial charge is 0.234 e. The summed E-state index contributed by atoms with van der Waals surface area (Å²) in [6, 6.07) is 19.3. The van der Waals surface area contributed by atoms with Gasteiger partial charge in [-0.3, -0.25) is 29.0 Å². The summed E-state index contributed by atoms with van der Waals surface area (Å²) in [6.45, 7) is 9.44. The Morgan fingerprint density at radius 3 is 1.45 bits per heavy atom. The highest BCUT2D eigenvalue weighted by atomic mass is 16.2. The molecule has 7 rings (SSSR count). The summed E-state index contributed by atoms with van der Waals surface area (Å²) in [5, 5.41) is 0. The number of carbonyl (C=O) groups is 4. The van der Waals surface area contributed by atoms with E-state index in [-0.39, 0.29) is 35.7 Å². The predicted octanol–water partition coefficient (Wildman–Crippen LogP) is 4.66. The largest absolute Gasteiger partial charge is 0.280 e. The Bertz CT molecular complexity index is 1320. The van der Waals surface area contributed by atoms with Crippen LogP contribution in [0.1, 0.15) is 52.2 Å². The average molecular weight is 511 g/mol. The number of hydrogen-bond donors (Lipinski definition) is 0. The maximum atomic E-state index is 14.2. The van der Waals surface area contributed by atoms with Gasteiger partial charge in [-0.2, -0.15) is 0 Å². The van der Waals surface area contributed by atoms with E-state index < -0.39 is 35.0 Å². The first kappa shape index (κ1) is 24.8. The van der Waals surface area contributed by atoms with Crippen LogP contribution in [0, 0.1) is 35.0 Å². The molecule has 196 valence electrons. The molecule has 3 aliphatic carbocycles. The fraction of sp³-hybridized carbons (Fsp3) is 0.438. The summed E-state index contributed by atoms with van der Waals surface area (Å²) in [4.78, 5) is 59.5. The molecule has 0 radical (unpaired) electrons. The highest BCUT2D eigenvalue weighted by Gasteiger charge is 2.77. The lowest BCUT2D eigenvalue weighted by Crippen LogP contribution is -2.60. The molecular weight excluding hydrogens is 476 g/mol. The second kappa shape index (κ2) is 8.48. The van der Waals surface area contributed by atoms with Crippen molar-refractivity contribution in [3.8, 4) is 0 Å². The lowest BCUT2D eigenvalue weighted by atomic mass is 9.40. The van der Waals surface area contributed by atoms with E-state index in [2.05, 4.69) is 0 Å². The lowest BCUT2D eigenvalue weighted by Gasteiger charge is -2.59. The second-order valence-corrected chi connectivity index (χ2v) is 11.7. The fourth-order valence-electron chi connectivity index (χ4n) is 8.36. The molecule has 0 spiro atoms. The monoisotopic (exact) mass is 510 g/mol. The van der Waals surface area contributed by atoms with E-state index in [4.69, 9.17) is 0 Å². The van der Waals surface area contributed by atoms with Gasteiger partial charge in [0.2, 0.25) is 23.6 Å². The van der Waals surface area contributed by atoms with Crippen molar-refractivity contribution in [2.45, 2.75) is 53.1 Å². The molecular formula is C32H34N2O4. The van der Waals surface area contributed by atoms with E-state index in [0.29, 0.717) is 6.42 Å². The molecule has 38 heavy (non-hydrogen) atoms. The Labute approximate surface area is 223 Å². The quantitative estimate of drug-likeness (QED) is 0.549. The predicted molar refractivity (Wildman–Crippen MR) is 144 cm³/mol. The summed E-state index contributed by atoms with van der Waals surface area (Å²) < 4.78 is 0. The lowest BCUT2D eigenvalue weighted by molar-refractivity contribution is -0.146. The van der Waals surface area contributed by atoms with Gasteiger partial charge in [-0.25, -0.2) is 0 Å². The zero-order valence-corrected chi connectivity index (χ0v) is 22.5. The van der Waals surface area contributed by atoms with E-state index in [9.17, 15) is 19.2 Å². The third kappa shape index (κ3) is 2.89. The number of amides is 4. The molecule has 6 atom stereocenters. The van der Waals surface area contributed by atoms with Crippen LogP contribution in [0.25, 0.3) is 11.1 Å². The van der Waals surface area contributed by atoms with Gasteiger partial charge in [-0.1, -0.05) is 67.6 Å². The zero-order valence-electron chi connectivity index (χ0n) is 22.5.